The van der Waals surface area contributed by atoms with E-state index in [4.69, 9.17) is 0 Å². The summed E-state index contributed by atoms with van der Waals surface area (Å²) in [5.41, 5.74) is 0.750. The van der Waals surface area contributed by atoms with Crippen LogP contribution >= 0.6 is 0 Å². The summed E-state index contributed by atoms with van der Waals surface area (Å²) in [5, 5.41) is 4.05. The zero-order valence-electron chi connectivity index (χ0n) is 12.8. The van der Waals surface area contributed by atoms with Crippen molar-refractivity contribution in [2.45, 2.75) is 26.4 Å². The summed E-state index contributed by atoms with van der Waals surface area (Å²) >= 11 is 0. The molecule has 120 valence electrons. The monoisotopic (exact) mass is 317 g/mol. The van der Waals surface area contributed by atoms with Crippen molar-refractivity contribution in [3.05, 3.63) is 42.0 Å². The molecular weight excluding hydrogens is 301 g/mol. The fraction of sp³-hybridized carbons (Fsp3) is 0.333. The second-order valence-corrected chi connectivity index (χ2v) is 5.59. The van der Waals surface area contributed by atoms with E-state index in [0.29, 0.717) is 0 Å². The number of anilines is 1. The Morgan fingerprint density at radius 1 is 1.22 bits per heavy atom. The molecule has 0 unspecified atom stereocenters. The van der Waals surface area contributed by atoms with Gasteiger partial charge in [-0.05, 0) is 31.5 Å². The molecule has 0 radical (unpaired) electrons. The molecule has 1 aromatic carbocycles. The highest BCUT2D eigenvalue weighted by molar-refractivity contribution is 6.18. The molecule has 23 heavy (non-hydrogen) atoms. The molecule has 0 N–H and O–H groups in total. The van der Waals surface area contributed by atoms with Crippen molar-refractivity contribution in [3.63, 3.8) is 0 Å². The van der Waals surface area contributed by atoms with Gasteiger partial charge in [-0.2, -0.15) is 15.0 Å². The highest BCUT2D eigenvalue weighted by Crippen LogP contribution is 2.22. The fourth-order valence-corrected chi connectivity index (χ4v) is 2.45. The van der Waals surface area contributed by atoms with Crippen LogP contribution in [0.25, 0.3) is 0 Å². The summed E-state index contributed by atoms with van der Waals surface area (Å²) in [6.07, 6.45) is 1.32. The van der Waals surface area contributed by atoms with Crippen LogP contribution in [0.4, 0.5) is 15.1 Å². The van der Waals surface area contributed by atoms with Crippen molar-refractivity contribution >= 4 is 17.9 Å². The third-order valence-electron chi connectivity index (χ3n) is 3.57. The molecule has 3 amide bonds. The molecule has 1 fully saturated rings. The largest absolute Gasteiger partial charge is 0.334 e. The van der Waals surface area contributed by atoms with Crippen LogP contribution in [0.15, 0.2) is 30.6 Å². The zero-order chi connectivity index (χ0) is 16.6. The maximum atomic E-state index is 12.9. The zero-order valence-corrected chi connectivity index (χ0v) is 12.8. The minimum atomic E-state index is -0.450. The van der Waals surface area contributed by atoms with Gasteiger partial charge in [0.1, 0.15) is 18.7 Å². The van der Waals surface area contributed by atoms with Gasteiger partial charge in [0.05, 0.1) is 6.04 Å². The Hall–Kier alpha value is -2.77. The lowest BCUT2D eigenvalue weighted by Gasteiger charge is -2.18. The molecular formula is C15H16FN5O2. The maximum Gasteiger partial charge on any atom is 0.334 e. The lowest BCUT2D eigenvalue weighted by atomic mass is 10.2. The van der Waals surface area contributed by atoms with Gasteiger partial charge in [0.2, 0.25) is 5.95 Å². The summed E-state index contributed by atoms with van der Waals surface area (Å²) < 4.78 is 14.5. The number of nitrogens with zero attached hydrogens (tertiary/aromatic N) is 5. The topological polar surface area (TPSA) is 71.3 Å². The van der Waals surface area contributed by atoms with Gasteiger partial charge in [-0.3, -0.25) is 4.79 Å². The number of carbonyl (C=O) groups is 2. The van der Waals surface area contributed by atoms with Gasteiger partial charge in [0.25, 0.3) is 5.91 Å². The number of carbonyl (C=O) groups excluding carboxylic acids is 2. The average molecular weight is 317 g/mol. The number of hydrogen-bond acceptors (Lipinski definition) is 4. The first-order valence-corrected chi connectivity index (χ1v) is 7.23. The molecule has 1 aromatic heterocycles. The van der Waals surface area contributed by atoms with Crippen LogP contribution < -0.4 is 4.90 Å². The van der Waals surface area contributed by atoms with Gasteiger partial charge in [0.15, 0.2) is 0 Å². The van der Waals surface area contributed by atoms with Gasteiger partial charge >= 0.3 is 6.03 Å². The third-order valence-corrected chi connectivity index (χ3v) is 3.57. The number of imide groups is 1. The van der Waals surface area contributed by atoms with Crippen molar-refractivity contribution in [1.82, 2.24) is 19.7 Å². The molecule has 3 rings (SSSR count). The van der Waals surface area contributed by atoms with Gasteiger partial charge in [-0.15, -0.1) is 0 Å². The van der Waals surface area contributed by atoms with E-state index in [1.807, 2.05) is 13.8 Å². The fourth-order valence-electron chi connectivity index (χ4n) is 2.45. The first-order valence-electron chi connectivity index (χ1n) is 7.23. The van der Waals surface area contributed by atoms with Crippen molar-refractivity contribution in [2.75, 3.05) is 11.4 Å². The SMILES string of the molecule is CC(C)n1ncnc1N1C(=O)CN(Cc2ccc(F)cc2)C1=O. The Labute approximate surface area is 132 Å². The predicted octanol–water partition coefficient (Wildman–Crippen LogP) is 1.97. The van der Waals surface area contributed by atoms with Crippen molar-refractivity contribution in [2.24, 2.45) is 0 Å². The number of rotatable bonds is 4. The summed E-state index contributed by atoms with van der Waals surface area (Å²) in [5.74, 6) is -0.479. The molecule has 2 aromatic rings. The van der Waals surface area contributed by atoms with E-state index < -0.39 is 6.03 Å². The van der Waals surface area contributed by atoms with Gasteiger partial charge in [0, 0.05) is 6.54 Å². The van der Waals surface area contributed by atoms with Gasteiger partial charge in [-0.25, -0.2) is 13.9 Å². The normalized spacial score (nSPS) is 15.1. The molecule has 1 aliphatic heterocycles. The lowest BCUT2D eigenvalue weighted by Crippen LogP contribution is -2.35. The second kappa shape index (κ2) is 5.79. The van der Waals surface area contributed by atoms with E-state index >= 15 is 0 Å². The Morgan fingerprint density at radius 2 is 1.91 bits per heavy atom. The Kier molecular flexibility index (Phi) is 3.81. The summed E-state index contributed by atoms with van der Waals surface area (Å²) in [6, 6.07) is 5.35. The van der Waals surface area contributed by atoms with Crippen LogP contribution in [0.1, 0.15) is 25.5 Å². The molecule has 0 spiro atoms. The summed E-state index contributed by atoms with van der Waals surface area (Å²) in [6.45, 7) is 3.97. The van der Waals surface area contributed by atoms with Crippen LogP contribution in [-0.2, 0) is 11.3 Å². The Morgan fingerprint density at radius 3 is 2.57 bits per heavy atom. The van der Waals surface area contributed by atoms with Crippen molar-refractivity contribution < 1.29 is 14.0 Å². The molecule has 0 bridgehead atoms. The molecule has 0 atom stereocenters. The minimum Gasteiger partial charge on any atom is -0.310 e. The van der Waals surface area contributed by atoms with Crippen LogP contribution in [0.2, 0.25) is 0 Å². The van der Waals surface area contributed by atoms with E-state index in [1.165, 1.54) is 28.0 Å². The number of aromatic nitrogens is 3. The van der Waals surface area contributed by atoms with Gasteiger partial charge < -0.3 is 4.90 Å². The van der Waals surface area contributed by atoms with Gasteiger partial charge in [-0.1, -0.05) is 12.1 Å². The second-order valence-electron chi connectivity index (χ2n) is 5.59. The number of urea groups is 1. The average Bonchev–Trinajstić information content (AvgIpc) is 3.07. The van der Waals surface area contributed by atoms with Crippen LogP contribution in [0.3, 0.4) is 0 Å². The van der Waals surface area contributed by atoms with E-state index in [0.717, 1.165) is 10.5 Å². The number of benzene rings is 1. The predicted molar refractivity (Wildman–Crippen MR) is 80.1 cm³/mol. The smallest absolute Gasteiger partial charge is 0.310 e. The number of amides is 3. The third kappa shape index (κ3) is 2.79. The first kappa shape index (κ1) is 15.1. The molecule has 1 aliphatic rings. The maximum absolute atomic E-state index is 12.9. The van der Waals surface area contributed by atoms with E-state index in [2.05, 4.69) is 10.1 Å². The molecule has 0 saturated carbocycles. The number of halogens is 1. The Bertz CT molecular complexity index is 741. The first-order chi connectivity index (χ1) is 11.0. The summed E-state index contributed by atoms with van der Waals surface area (Å²) in [7, 11) is 0. The summed E-state index contributed by atoms with van der Waals surface area (Å²) in [4.78, 5) is 31.2. The standard InChI is InChI=1S/C15H16FN5O2/c1-10(2)21-14(17-9-18-21)20-13(22)8-19(15(20)23)7-11-3-5-12(16)6-4-11/h3-6,9-10H,7-8H2,1-2H3. The Balaban J connectivity index is 1.82. The highest BCUT2D eigenvalue weighted by Gasteiger charge is 2.39. The molecule has 8 heteroatoms. The van der Waals surface area contributed by atoms with Crippen molar-refractivity contribution in [1.29, 1.82) is 0 Å². The van der Waals surface area contributed by atoms with E-state index in [9.17, 15) is 14.0 Å². The van der Waals surface area contributed by atoms with Crippen LogP contribution in [0, 0.1) is 5.82 Å². The molecule has 2 heterocycles. The van der Waals surface area contributed by atoms with Crippen LogP contribution in [-0.4, -0.2) is 38.1 Å². The number of hydrogen-bond donors (Lipinski definition) is 0. The molecule has 7 nitrogen and oxygen atoms in total. The molecule has 1 saturated heterocycles. The highest BCUT2D eigenvalue weighted by atomic mass is 19.1. The van der Waals surface area contributed by atoms with E-state index in [-0.39, 0.29) is 36.8 Å². The van der Waals surface area contributed by atoms with Crippen molar-refractivity contribution in [3.8, 4) is 0 Å². The minimum absolute atomic E-state index is 0.0285. The molecule has 0 aliphatic carbocycles. The van der Waals surface area contributed by atoms with Crippen LogP contribution in [0.5, 0.6) is 0 Å². The lowest BCUT2D eigenvalue weighted by molar-refractivity contribution is -0.116. The van der Waals surface area contributed by atoms with E-state index in [1.54, 1.807) is 12.1 Å². The quantitative estimate of drug-likeness (QED) is 0.808.